The van der Waals surface area contributed by atoms with Gasteiger partial charge in [0.1, 0.15) is 12.9 Å². The maximum Gasteiger partial charge on any atom is 0.248 e. The van der Waals surface area contributed by atoms with Gasteiger partial charge in [0.2, 0.25) is 11.7 Å². The summed E-state index contributed by atoms with van der Waals surface area (Å²) in [5.41, 5.74) is 4.27. The Labute approximate surface area is 183 Å². The van der Waals surface area contributed by atoms with Gasteiger partial charge >= 0.3 is 0 Å². The molecule has 2 aromatic carbocycles. The number of anilines is 1. The van der Waals surface area contributed by atoms with E-state index in [0.717, 1.165) is 29.7 Å². The minimum absolute atomic E-state index is 0.0744. The number of carbonyl (C=O) groups excluding carboxylic acids is 1. The summed E-state index contributed by atoms with van der Waals surface area (Å²) in [5.74, 6) is 0.0790. The Kier molecular flexibility index (Phi) is 5.99. The fraction of sp³-hybridized carbons (Fsp3) is 0.250. The van der Waals surface area contributed by atoms with Crippen molar-refractivity contribution < 1.29 is 4.79 Å². The fourth-order valence-electron chi connectivity index (χ4n) is 3.29. The zero-order valence-corrected chi connectivity index (χ0v) is 17.8. The average molecular weight is 438 g/mol. The van der Waals surface area contributed by atoms with Crippen molar-refractivity contribution in [1.29, 1.82) is 0 Å². The molecule has 158 valence electrons. The number of aryl methyl sites for hydroxylation is 2. The van der Waals surface area contributed by atoms with E-state index in [2.05, 4.69) is 50.1 Å². The number of amides is 1. The normalized spacial score (nSPS) is 10.9. The first kappa shape index (κ1) is 20.6. The molecule has 2 heterocycles. The number of hydrogen-bond donors (Lipinski definition) is 1. The third-order valence-electron chi connectivity index (χ3n) is 4.80. The van der Waals surface area contributed by atoms with E-state index in [1.807, 2.05) is 18.2 Å². The number of hydrogen-bond acceptors (Lipinski definition) is 7. The molecule has 0 saturated carbocycles. The summed E-state index contributed by atoms with van der Waals surface area (Å²) in [4.78, 5) is 13.9. The van der Waals surface area contributed by atoms with Gasteiger partial charge < -0.3 is 5.32 Å². The Morgan fingerprint density at radius 1 is 1.10 bits per heavy atom. The van der Waals surface area contributed by atoms with Crippen LogP contribution in [0, 0.1) is 0 Å². The first-order valence-electron chi connectivity index (χ1n) is 9.80. The zero-order valence-electron chi connectivity index (χ0n) is 17.0. The molecule has 1 N–H and O–H groups in total. The lowest BCUT2D eigenvalue weighted by atomic mass is 10.0. The van der Waals surface area contributed by atoms with Gasteiger partial charge in [-0.25, -0.2) is 0 Å². The number of para-hydroxylation sites is 1. The standard InChI is InChI=1S/C20H20ClN9O/c1-3-13-6-5-7-14(4-2)19(13)23-18(31)11-30-25-20(24-27-30)16-10-15(21)8-9-17(16)29-12-22-26-28-29/h5-10,12H,3-4,11H2,1-2H3,(H,23,31). The van der Waals surface area contributed by atoms with Crippen LogP contribution in [0.4, 0.5) is 5.69 Å². The molecule has 0 saturated heterocycles. The average Bonchev–Trinajstić information content (AvgIpc) is 3.46. The van der Waals surface area contributed by atoms with Gasteiger partial charge in [0.25, 0.3) is 0 Å². The number of tetrazole rings is 2. The number of nitrogens with zero attached hydrogens (tertiary/aromatic N) is 8. The largest absolute Gasteiger partial charge is 0.324 e. The topological polar surface area (TPSA) is 116 Å². The molecule has 10 nitrogen and oxygen atoms in total. The third-order valence-corrected chi connectivity index (χ3v) is 5.03. The molecule has 0 aliphatic carbocycles. The maximum absolute atomic E-state index is 12.7. The molecule has 0 aliphatic heterocycles. The predicted molar refractivity (Wildman–Crippen MR) is 115 cm³/mol. The highest BCUT2D eigenvalue weighted by atomic mass is 35.5. The summed E-state index contributed by atoms with van der Waals surface area (Å²) in [5, 5.41) is 27.2. The Balaban J connectivity index is 1.56. The van der Waals surface area contributed by atoms with Gasteiger partial charge in [-0.05, 0) is 57.8 Å². The molecule has 4 rings (SSSR count). The molecule has 0 unspecified atom stereocenters. The van der Waals surface area contributed by atoms with Crippen molar-refractivity contribution in [2.24, 2.45) is 0 Å². The number of halogens is 1. The SMILES string of the molecule is CCc1cccc(CC)c1NC(=O)Cn1nnc(-c2cc(Cl)ccc2-n2cnnn2)n1. The van der Waals surface area contributed by atoms with Crippen LogP contribution in [0.25, 0.3) is 17.1 Å². The van der Waals surface area contributed by atoms with E-state index in [-0.39, 0.29) is 12.5 Å². The molecule has 0 atom stereocenters. The van der Waals surface area contributed by atoms with Crippen LogP contribution in [-0.2, 0) is 24.2 Å². The van der Waals surface area contributed by atoms with Crippen molar-refractivity contribution in [3.8, 4) is 17.1 Å². The van der Waals surface area contributed by atoms with Crippen LogP contribution in [0.15, 0.2) is 42.7 Å². The van der Waals surface area contributed by atoms with E-state index in [1.54, 1.807) is 18.2 Å². The maximum atomic E-state index is 12.7. The van der Waals surface area contributed by atoms with E-state index in [9.17, 15) is 4.79 Å². The van der Waals surface area contributed by atoms with Crippen LogP contribution >= 0.6 is 11.6 Å². The summed E-state index contributed by atoms with van der Waals surface area (Å²) >= 11 is 6.16. The number of benzene rings is 2. The van der Waals surface area contributed by atoms with Crippen molar-refractivity contribution >= 4 is 23.2 Å². The fourth-order valence-corrected chi connectivity index (χ4v) is 3.46. The monoisotopic (exact) mass is 437 g/mol. The van der Waals surface area contributed by atoms with E-state index in [4.69, 9.17) is 11.6 Å². The van der Waals surface area contributed by atoms with Gasteiger partial charge in [-0.1, -0.05) is 43.6 Å². The highest BCUT2D eigenvalue weighted by Crippen LogP contribution is 2.26. The molecule has 0 spiro atoms. The minimum atomic E-state index is -0.230. The molecule has 0 radical (unpaired) electrons. The van der Waals surface area contributed by atoms with Crippen molar-refractivity contribution in [3.63, 3.8) is 0 Å². The van der Waals surface area contributed by atoms with E-state index in [0.29, 0.717) is 22.1 Å². The molecular formula is C20H20ClN9O. The number of nitrogens with one attached hydrogen (secondary N) is 1. The van der Waals surface area contributed by atoms with Gasteiger partial charge in [0.15, 0.2) is 0 Å². The van der Waals surface area contributed by atoms with Crippen LogP contribution in [-0.4, -0.2) is 46.3 Å². The molecule has 0 fully saturated rings. The van der Waals surface area contributed by atoms with Gasteiger partial charge in [0, 0.05) is 10.7 Å². The van der Waals surface area contributed by atoms with Crippen molar-refractivity contribution in [2.75, 3.05) is 5.32 Å². The smallest absolute Gasteiger partial charge is 0.248 e. The van der Waals surface area contributed by atoms with E-state index in [1.165, 1.54) is 15.8 Å². The Morgan fingerprint density at radius 3 is 2.55 bits per heavy atom. The lowest BCUT2D eigenvalue weighted by Crippen LogP contribution is -2.22. The lowest BCUT2D eigenvalue weighted by Gasteiger charge is -2.14. The summed E-state index contributed by atoms with van der Waals surface area (Å²) < 4.78 is 1.48. The van der Waals surface area contributed by atoms with Crippen LogP contribution in [0.2, 0.25) is 5.02 Å². The van der Waals surface area contributed by atoms with Crippen LogP contribution < -0.4 is 5.32 Å². The number of carbonyl (C=O) groups is 1. The molecule has 11 heteroatoms. The van der Waals surface area contributed by atoms with E-state index >= 15 is 0 Å². The molecule has 31 heavy (non-hydrogen) atoms. The zero-order chi connectivity index (χ0) is 21.8. The van der Waals surface area contributed by atoms with Crippen LogP contribution in [0.1, 0.15) is 25.0 Å². The van der Waals surface area contributed by atoms with E-state index < -0.39 is 0 Å². The highest BCUT2D eigenvalue weighted by Gasteiger charge is 2.16. The second kappa shape index (κ2) is 9.00. The highest BCUT2D eigenvalue weighted by molar-refractivity contribution is 6.31. The summed E-state index contributed by atoms with van der Waals surface area (Å²) in [6, 6.07) is 11.2. The molecule has 1 amide bonds. The Hall–Kier alpha value is -3.66. The molecule has 0 aliphatic rings. The summed E-state index contributed by atoms with van der Waals surface area (Å²) in [7, 11) is 0. The molecule has 4 aromatic rings. The lowest BCUT2D eigenvalue weighted by molar-refractivity contribution is -0.117. The first-order valence-corrected chi connectivity index (χ1v) is 10.2. The molecule has 2 aromatic heterocycles. The quantitative estimate of drug-likeness (QED) is 0.472. The number of aromatic nitrogens is 8. The van der Waals surface area contributed by atoms with Gasteiger partial charge in [-0.2, -0.15) is 9.48 Å². The van der Waals surface area contributed by atoms with Gasteiger partial charge in [0.05, 0.1) is 11.3 Å². The first-order chi connectivity index (χ1) is 15.1. The second-order valence-electron chi connectivity index (χ2n) is 6.77. The Bertz CT molecular complexity index is 1180. The number of rotatable bonds is 7. The second-order valence-corrected chi connectivity index (χ2v) is 7.20. The van der Waals surface area contributed by atoms with Crippen molar-refractivity contribution in [1.82, 2.24) is 40.4 Å². The van der Waals surface area contributed by atoms with Gasteiger partial charge in [-0.15, -0.1) is 15.3 Å². The van der Waals surface area contributed by atoms with Crippen molar-refractivity contribution in [3.05, 3.63) is 58.9 Å². The van der Waals surface area contributed by atoms with Gasteiger partial charge in [-0.3, -0.25) is 4.79 Å². The Morgan fingerprint density at radius 2 is 1.87 bits per heavy atom. The molecule has 0 bridgehead atoms. The molecular weight excluding hydrogens is 418 g/mol. The third kappa shape index (κ3) is 4.43. The van der Waals surface area contributed by atoms with Crippen LogP contribution in [0.3, 0.4) is 0 Å². The predicted octanol–water partition coefficient (Wildman–Crippen LogP) is 2.73. The van der Waals surface area contributed by atoms with Crippen LogP contribution in [0.5, 0.6) is 0 Å². The summed E-state index contributed by atoms with van der Waals surface area (Å²) in [6.07, 6.45) is 3.11. The summed E-state index contributed by atoms with van der Waals surface area (Å²) in [6.45, 7) is 4.04. The minimum Gasteiger partial charge on any atom is -0.324 e. The van der Waals surface area contributed by atoms with Crippen molar-refractivity contribution in [2.45, 2.75) is 33.2 Å².